The number of rotatable bonds is 7. The van der Waals surface area contributed by atoms with E-state index in [1.165, 1.54) is 11.1 Å². The molecular weight excluding hydrogens is 362 g/mol. The van der Waals surface area contributed by atoms with Gasteiger partial charge in [-0.15, -0.1) is 0 Å². The molecule has 1 aliphatic heterocycles. The van der Waals surface area contributed by atoms with Crippen molar-refractivity contribution in [2.45, 2.75) is 19.4 Å². The van der Waals surface area contributed by atoms with Crippen LogP contribution in [-0.2, 0) is 16.0 Å². The fourth-order valence-corrected chi connectivity index (χ4v) is 3.35. The van der Waals surface area contributed by atoms with Gasteiger partial charge < -0.3 is 10.1 Å². The summed E-state index contributed by atoms with van der Waals surface area (Å²) < 4.78 is 5.19. The zero-order valence-corrected chi connectivity index (χ0v) is 16.3. The average molecular weight is 388 g/mol. The summed E-state index contributed by atoms with van der Waals surface area (Å²) in [6.45, 7) is 5.01. The molecule has 1 atom stereocenters. The molecule has 0 saturated carbocycles. The van der Waals surface area contributed by atoms with E-state index < -0.39 is 0 Å². The van der Waals surface area contributed by atoms with Crippen LogP contribution in [-0.4, -0.2) is 49.8 Å². The Labute approximate surface area is 165 Å². The number of carbonyl (C=O) groups is 1. The van der Waals surface area contributed by atoms with Crippen LogP contribution in [0.2, 0.25) is 5.02 Å². The number of benzene rings is 2. The Bertz CT molecular complexity index is 734. The molecule has 2 aromatic rings. The fraction of sp³-hybridized carbons (Fsp3) is 0.381. The van der Waals surface area contributed by atoms with Crippen LogP contribution in [0.1, 0.15) is 12.5 Å². The highest BCUT2D eigenvalue weighted by Crippen LogP contribution is 2.22. The third-order valence-electron chi connectivity index (χ3n) is 4.66. The number of halogens is 1. The van der Waals surface area contributed by atoms with Crippen LogP contribution < -0.4 is 10.7 Å². The second kappa shape index (κ2) is 9.85. The molecule has 1 unspecified atom stereocenters. The summed E-state index contributed by atoms with van der Waals surface area (Å²) in [5.74, 6) is -0.0955. The van der Waals surface area contributed by atoms with Gasteiger partial charge in [-0.25, -0.2) is 5.01 Å². The van der Waals surface area contributed by atoms with Gasteiger partial charge in [-0.1, -0.05) is 48.0 Å². The van der Waals surface area contributed by atoms with Crippen molar-refractivity contribution in [3.8, 4) is 11.1 Å². The van der Waals surface area contributed by atoms with Crippen LogP contribution >= 0.6 is 11.6 Å². The minimum Gasteiger partial charge on any atom is -0.372 e. The molecule has 0 radical (unpaired) electrons. The molecule has 0 aliphatic carbocycles. The number of amides is 1. The molecule has 27 heavy (non-hydrogen) atoms. The van der Waals surface area contributed by atoms with Crippen molar-refractivity contribution in [2.24, 2.45) is 0 Å². The van der Waals surface area contributed by atoms with Crippen molar-refractivity contribution in [3.63, 3.8) is 0 Å². The normalized spacial score (nSPS) is 17.6. The van der Waals surface area contributed by atoms with E-state index in [-0.39, 0.29) is 18.6 Å². The van der Waals surface area contributed by atoms with Gasteiger partial charge in [-0.3, -0.25) is 10.2 Å². The number of hydrazine groups is 1. The van der Waals surface area contributed by atoms with E-state index in [2.05, 4.69) is 35.0 Å². The van der Waals surface area contributed by atoms with E-state index in [1.54, 1.807) is 0 Å². The third kappa shape index (κ3) is 5.78. The summed E-state index contributed by atoms with van der Waals surface area (Å²) in [5.41, 5.74) is 6.54. The number of piperazine rings is 1. The van der Waals surface area contributed by atoms with Crippen molar-refractivity contribution in [1.29, 1.82) is 0 Å². The maximum Gasteiger partial charge on any atom is 0.260 e. The van der Waals surface area contributed by atoms with Crippen LogP contribution in [0.25, 0.3) is 11.1 Å². The Morgan fingerprint density at radius 2 is 1.85 bits per heavy atom. The third-order valence-corrected chi connectivity index (χ3v) is 4.91. The van der Waals surface area contributed by atoms with Crippen molar-refractivity contribution in [2.75, 3.05) is 32.8 Å². The van der Waals surface area contributed by atoms with E-state index >= 15 is 0 Å². The Hall–Kier alpha value is -1.92. The number of nitrogens with zero attached hydrogens (tertiary/aromatic N) is 1. The topological polar surface area (TPSA) is 53.6 Å². The molecule has 1 aliphatic rings. The second-order valence-electron chi connectivity index (χ2n) is 6.63. The van der Waals surface area contributed by atoms with Gasteiger partial charge in [-0.05, 0) is 42.2 Å². The van der Waals surface area contributed by atoms with E-state index in [9.17, 15) is 4.79 Å². The van der Waals surface area contributed by atoms with Crippen molar-refractivity contribution >= 4 is 17.5 Å². The van der Waals surface area contributed by atoms with Gasteiger partial charge >= 0.3 is 0 Å². The zero-order chi connectivity index (χ0) is 19.1. The van der Waals surface area contributed by atoms with E-state index in [1.807, 2.05) is 36.2 Å². The maximum atomic E-state index is 12.0. The first kappa shape index (κ1) is 19.8. The summed E-state index contributed by atoms with van der Waals surface area (Å²) in [4.78, 5) is 12.0. The van der Waals surface area contributed by atoms with Crippen LogP contribution in [0.15, 0.2) is 48.5 Å². The van der Waals surface area contributed by atoms with Gasteiger partial charge in [0.1, 0.15) is 6.61 Å². The zero-order valence-electron chi connectivity index (χ0n) is 15.6. The smallest absolute Gasteiger partial charge is 0.260 e. The quantitative estimate of drug-likeness (QED) is 0.767. The second-order valence-corrected chi connectivity index (χ2v) is 7.07. The molecule has 1 saturated heterocycles. The molecule has 0 bridgehead atoms. The predicted octanol–water partition coefficient (Wildman–Crippen LogP) is 2.89. The maximum absolute atomic E-state index is 12.0. The molecule has 1 amide bonds. The fourth-order valence-electron chi connectivity index (χ4n) is 3.23. The van der Waals surface area contributed by atoms with Crippen LogP contribution in [0.3, 0.4) is 0 Å². The first-order chi connectivity index (χ1) is 13.2. The van der Waals surface area contributed by atoms with Gasteiger partial charge in [0.25, 0.3) is 5.91 Å². The molecule has 0 spiro atoms. The molecule has 1 heterocycles. The Kier molecular flexibility index (Phi) is 7.24. The standard InChI is InChI=1S/C21H26ClN3O2/c1-2-27-15-21(26)24-25-12-11-23-14-20(25)13-16-3-5-17(6-4-16)18-7-9-19(22)10-8-18/h3-10,20,23H,2,11-15H2,1H3,(H,24,26). The molecule has 1 fully saturated rings. The minimum absolute atomic E-state index is 0.0955. The molecule has 2 N–H and O–H groups in total. The average Bonchev–Trinajstić information content (AvgIpc) is 2.69. The summed E-state index contributed by atoms with van der Waals surface area (Å²) in [5, 5.41) is 6.18. The minimum atomic E-state index is -0.0955. The van der Waals surface area contributed by atoms with Gasteiger partial charge in [0.15, 0.2) is 0 Å². The SMILES string of the molecule is CCOCC(=O)NN1CCNCC1Cc1ccc(-c2ccc(Cl)cc2)cc1. The molecule has 2 aromatic carbocycles. The molecule has 5 nitrogen and oxygen atoms in total. The number of hydrogen-bond donors (Lipinski definition) is 2. The van der Waals surface area contributed by atoms with Gasteiger partial charge in [0.2, 0.25) is 0 Å². The lowest BCUT2D eigenvalue weighted by molar-refractivity contribution is -0.132. The first-order valence-electron chi connectivity index (χ1n) is 9.35. The highest BCUT2D eigenvalue weighted by atomic mass is 35.5. The van der Waals surface area contributed by atoms with Crippen LogP contribution in [0.4, 0.5) is 0 Å². The number of hydrogen-bond acceptors (Lipinski definition) is 4. The molecule has 6 heteroatoms. The summed E-state index contributed by atoms with van der Waals surface area (Å²) >= 11 is 5.96. The molecule has 144 valence electrons. The Balaban J connectivity index is 1.62. The van der Waals surface area contributed by atoms with Gasteiger partial charge in [0.05, 0.1) is 0 Å². The predicted molar refractivity (Wildman–Crippen MR) is 109 cm³/mol. The van der Waals surface area contributed by atoms with Crippen LogP contribution in [0.5, 0.6) is 0 Å². The van der Waals surface area contributed by atoms with Gasteiger partial charge in [0, 0.05) is 37.3 Å². The Morgan fingerprint density at radius 3 is 2.52 bits per heavy atom. The highest BCUT2D eigenvalue weighted by Gasteiger charge is 2.24. The lowest BCUT2D eigenvalue weighted by Gasteiger charge is -2.36. The van der Waals surface area contributed by atoms with E-state index in [4.69, 9.17) is 16.3 Å². The summed E-state index contributed by atoms with van der Waals surface area (Å²) in [6, 6.07) is 16.6. The van der Waals surface area contributed by atoms with Crippen molar-refractivity contribution in [3.05, 3.63) is 59.1 Å². The number of nitrogens with one attached hydrogen (secondary N) is 2. The molecule has 3 rings (SSSR count). The van der Waals surface area contributed by atoms with E-state index in [0.717, 1.165) is 36.6 Å². The van der Waals surface area contributed by atoms with Crippen LogP contribution in [0, 0.1) is 0 Å². The van der Waals surface area contributed by atoms with Gasteiger partial charge in [-0.2, -0.15) is 0 Å². The lowest BCUT2D eigenvalue weighted by atomic mass is 10.00. The number of carbonyl (C=O) groups excluding carboxylic acids is 1. The van der Waals surface area contributed by atoms with Crippen molar-refractivity contribution in [1.82, 2.24) is 15.8 Å². The number of ether oxygens (including phenoxy) is 1. The largest absolute Gasteiger partial charge is 0.372 e. The summed E-state index contributed by atoms with van der Waals surface area (Å²) in [7, 11) is 0. The summed E-state index contributed by atoms with van der Waals surface area (Å²) in [6.07, 6.45) is 0.864. The lowest BCUT2D eigenvalue weighted by Crippen LogP contribution is -2.59. The molecular formula is C21H26ClN3O2. The van der Waals surface area contributed by atoms with E-state index in [0.29, 0.717) is 6.61 Å². The Morgan fingerprint density at radius 1 is 1.19 bits per heavy atom. The highest BCUT2D eigenvalue weighted by molar-refractivity contribution is 6.30. The van der Waals surface area contributed by atoms with Crippen molar-refractivity contribution < 1.29 is 9.53 Å². The monoisotopic (exact) mass is 387 g/mol. The molecule has 0 aromatic heterocycles. The first-order valence-corrected chi connectivity index (χ1v) is 9.73.